The molecule has 0 aliphatic carbocycles. The Bertz CT molecular complexity index is 1120. The van der Waals surface area contributed by atoms with Crippen molar-refractivity contribution in [2.24, 2.45) is 0 Å². The number of carbonyl (C=O) groups is 2. The second-order valence-corrected chi connectivity index (χ2v) is 8.32. The van der Waals surface area contributed by atoms with Crippen LogP contribution in [0.25, 0.3) is 0 Å². The maximum Gasteiger partial charge on any atom is 0.255 e. The van der Waals surface area contributed by atoms with Crippen molar-refractivity contribution in [3.8, 4) is 5.75 Å². The number of carbonyl (C=O) groups excluding carboxylic acids is 2. The number of amides is 2. The number of hydrogen-bond acceptors (Lipinski definition) is 5. The van der Waals surface area contributed by atoms with Gasteiger partial charge in [-0.15, -0.1) is 0 Å². The molecule has 2 amide bonds. The van der Waals surface area contributed by atoms with Gasteiger partial charge in [0.05, 0.1) is 31.5 Å². The zero-order valence-electron chi connectivity index (χ0n) is 19.4. The Hall–Kier alpha value is -3.68. The van der Waals surface area contributed by atoms with Crippen molar-refractivity contribution in [1.82, 2.24) is 4.90 Å². The van der Waals surface area contributed by atoms with E-state index in [9.17, 15) is 9.59 Å². The van der Waals surface area contributed by atoms with E-state index in [1.54, 1.807) is 43.5 Å². The standard InChI is InChI=1S/C27H29N3O4/c1-19-16-30(17-25(34-19)20-8-4-3-5-9-20)18-26(31)28-22-14-12-21(13-15-22)27(32)29-23-10-6-7-11-24(23)33-2/h3-15,19,25H,16-18H2,1-2H3,(H,28,31)(H,29,32). The average Bonchev–Trinajstić information content (AvgIpc) is 2.85. The van der Waals surface area contributed by atoms with Gasteiger partial charge in [0.2, 0.25) is 5.91 Å². The molecule has 0 aromatic heterocycles. The van der Waals surface area contributed by atoms with Crippen LogP contribution in [0.3, 0.4) is 0 Å². The van der Waals surface area contributed by atoms with Crippen LogP contribution in [0, 0.1) is 0 Å². The van der Waals surface area contributed by atoms with Crippen LogP contribution in [0.4, 0.5) is 11.4 Å². The molecule has 2 atom stereocenters. The summed E-state index contributed by atoms with van der Waals surface area (Å²) in [5.74, 6) is 0.232. The van der Waals surface area contributed by atoms with E-state index in [2.05, 4.69) is 15.5 Å². The van der Waals surface area contributed by atoms with Gasteiger partial charge >= 0.3 is 0 Å². The van der Waals surface area contributed by atoms with Crippen molar-refractivity contribution in [3.63, 3.8) is 0 Å². The van der Waals surface area contributed by atoms with Crippen LogP contribution >= 0.6 is 0 Å². The van der Waals surface area contributed by atoms with Gasteiger partial charge in [0.15, 0.2) is 0 Å². The Labute approximate surface area is 199 Å². The number of rotatable bonds is 7. The molecule has 3 aromatic carbocycles. The monoisotopic (exact) mass is 459 g/mol. The van der Waals surface area contributed by atoms with Gasteiger partial charge < -0.3 is 20.1 Å². The molecule has 0 saturated carbocycles. The van der Waals surface area contributed by atoms with Gasteiger partial charge in [0.25, 0.3) is 5.91 Å². The lowest BCUT2D eigenvalue weighted by atomic mass is 10.1. The number of para-hydroxylation sites is 2. The quantitative estimate of drug-likeness (QED) is 0.549. The Morgan fingerprint density at radius 1 is 0.941 bits per heavy atom. The normalized spacial score (nSPS) is 18.2. The summed E-state index contributed by atoms with van der Waals surface area (Å²) in [5, 5.41) is 5.76. The molecule has 0 bridgehead atoms. The molecule has 4 rings (SSSR count). The van der Waals surface area contributed by atoms with Crippen molar-refractivity contribution < 1.29 is 19.1 Å². The highest BCUT2D eigenvalue weighted by atomic mass is 16.5. The predicted octanol–water partition coefficient (Wildman–Crippen LogP) is 4.35. The minimum atomic E-state index is -0.253. The highest BCUT2D eigenvalue weighted by Crippen LogP contribution is 2.25. The van der Waals surface area contributed by atoms with E-state index < -0.39 is 0 Å². The molecule has 176 valence electrons. The number of morpholine rings is 1. The molecule has 1 fully saturated rings. The molecule has 0 spiro atoms. The lowest BCUT2D eigenvalue weighted by Gasteiger charge is -2.36. The van der Waals surface area contributed by atoms with Gasteiger partial charge in [-0.25, -0.2) is 0 Å². The summed E-state index contributed by atoms with van der Waals surface area (Å²) in [5.41, 5.74) is 2.83. The summed E-state index contributed by atoms with van der Waals surface area (Å²) >= 11 is 0. The lowest BCUT2D eigenvalue weighted by molar-refractivity contribution is -0.122. The van der Waals surface area contributed by atoms with Gasteiger partial charge in [-0.05, 0) is 48.9 Å². The van der Waals surface area contributed by atoms with Crippen molar-refractivity contribution in [1.29, 1.82) is 0 Å². The molecular weight excluding hydrogens is 430 g/mol. The zero-order valence-corrected chi connectivity index (χ0v) is 19.4. The maximum absolute atomic E-state index is 12.7. The SMILES string of the molecule is COc1ccccc1NC(=O)c1ccc(NC(=O)CN2CC(C)OC(c3ccccc3)C2)cc1. The Morgan fingerprint density at radius 2 is 1.65 bits per heavy atom. The van der Waals surface area contributed by atoms with E-state index in [-0.39, 0.29) is 30.6 Å². The first-order chi connectivity index (χ1) is 16.5. The number of nitrogens with zero attached hydrogens (tertiary/aromatic N) is 1. The van der Waals surface area contributed by atoms with E-state index in [4.69, 9.17) is 9.47 Å². The van der Waals surface area contributed by atoms with Crippen molar-refractivity contribution in [2.75, 3.05) is 37.4 Å². The van der Waals surface area contributed by atoms with Crippen LogP contribution in [-0.4, -0.2) is 49.6 Å². The molecule has 2 N–H and O–H groups in total. The molecule has 3 aromatic rings. The highest BCUT2D eigenvalue weighted by molar-refractivity contribution is 6.05. The Morgan fingerprint density at radius 3 is 2.38 bits per heavy atom. The highest BCUT2D eigenvalue weighted by Gasteiger charge is 2.27. The first-order valence-electron chi connectivity index (χ1n) is 11.3. The second kappa shape index (κ2) is 11.0. The fourth-order valence-corrected chi connectivity index (χ4v) is 4.07. The lowest BCUT2D eigenvalue weighted by Crippen LogP contribution is -2.46. The van der Waals surface area contributed by atoms with Crippen LogP contribution < -0.4 is 15.4 Å². The zero-order chi connectivity index (χ0) is 23.9. The predicted molar refractivity (Wildman–Crippen MR) is 132 cm³/mol. The fraction of sp³-hybridized carbons (Fsp3) is 0.259. The largest absolute Gasteiger partial charge is 0.495 e. The van der Waals surface area contributed by atoms with Crippen molar-refractivity contribution in [3.05, 3.63) is 90.0 Å². The van der Waals surface area contributed by atoms with Gasteiger partial charge in [-0.3, -0.25) is 14.5 Å². The van der Waals surface area contributed by atoms with Crippen LogP contribution in [0.1, 0.15) is 28.9 Å². The Kier molecular flexibility index (Phi) is 7.57. The smallest absolute Gasteiger partial charge is 0.255 e. The number of hydrogen-bond donors (Lipinski definition) is 2. The minimum Gasteiger partial charge on any atom is -0.495 e. The van der Waals surface area contributed by atoms with Gasteiger partial charge in [0, 0.05) is 24.3 Å². The van der Waals surface area contributed by atoms with E-state index in [0.29, 0.717) is 35.8 Å². The number of ether oxygens (including phenoxy) is 2. The third kappa shape index (κ3) is 6.01. The van der Waals surface area contributed by atoms with Crippen LogP contribution in [0.15, 0.2) is 78.9 Å². The van der Waals surface area contributed by atoms with Crippen LogP contribution in [0.2, 0.25) is 0 Å². The average molecular weight is 460 g/mol. The molecular formula is C27H29N3O4. The van der Waals surface area contributed by atoms with Gasteiger partial charge in [0.1, 0.15) is 5.75 Å². The van der Waals surface area contributed by atoms with E-state index >= 15 is 0 Å². The molecule has 0 radical (unpaired) electrons. The number of benzene rings is 3. The molecule has 1 aliphatic heterocycles. The number of anilines is 2. The molecule has 34 heavy (non-hydrogen) atoms. The maximum atomic E-state index is 12.7. The van der Waals surface area contributed by atoms with Gasteiger partial charge in [-0.1, -0.05) is 42.5 Å². The summed E-state index contributed by atoms with van der Waals surface area (Å²) in [4.78, 5) is 27.4. The summed E-state index contributed by atoms with van der Waals surface area (Å²) < 4.78 is 11.3. The van der Waals surface area contributed by atoms with E-state index in [0.717, 1.165) is 5.56 Å². The summed E-state index contributed by atoms with van der Waals surface area (Å²) in [6.07, 6.45) is -0.0217. The summed E-state index contributed by atoms with van der Waals surface area (Å²) in [6, 6.07) is 24.1. The fourth-order valence-electron chi connectivity index (χ4n) is 4.07. The van der Waals surface area contributed by atoms with Crippen molar-refractivity contribution in [2.45, 2.75) is 19.1 Å². The molecule has 7 nitrogen and oxygen atoms in total. The molecule has 1 heterocycles. The first kappa shape index (κ1) is 23.5. The van der Waals surface area contributed by atoms with Crippen LogP contribution in [0.5, 0.6) is 5.75 Å². The first-order valence-corrected chi connectivity index (χ1v) is 11.3. The molecule has 1 saturated heterocycles. The third-order valence-electron chi connectivity index (χ3n) is 5.66. The van der Waals surface area contributed by atoms with E-state index in [1.165, 1.54) is 0 Å². The van der Waals surface area contributed by atoms with Crippen LogP contribution in [-0.2, 0) is 9.53 Å². The topological polar surface area (TPSA) is 79.9 Å². The second-order valence-electron chi connectivity index (χ2n) is 8.32. The summed E-state index contributed by atoms with van der Waals surface area (Å²) in [7, 11) is 1.56. The minimum absolute atomic E-state index is 0.0350. The molecule has 2 unspecified atom stereocenters. The molecule has 1 aliphatic rings. The number of methoxy groups -OCH3 is 1. The van der Waals surface area contributed by atoms with Gasteiger partial charge in [-0.2, -0.15) is 0 Å². The summed E-state index contributed by atoms with van der Waals surface area (Å²) in [6.45, 7) is 3.64. The Balaban J connectivity index is 1.32. The van der Waals surface area contributed by atoms with Crippen molar-refractivity contribution >= 4 is 23.2 Å². The number of nitrogens with one attached hydrogen (secondary N) is 2. The van der Waals surface area contributed by atoms with E-state index in [1.807, 2.05) is 49.4 Å². The molecule has 7 heteroatoms. The third-order valence-corrected chi connectivity index (χ3v) is 5.66.